The molecule has 7 unspecified atom stereocenters. The summed E-state index contributed by atoms with van der Waals surface area (Å²) in [7, 11) is 5.01. The number of likely N-dealkylation sites (N-methyl/N-ethyl adjacent to an activating group) is 1. The number of carbonyl (C=O) groups excluding carboxylic acids is 5. The zero-order valence-corrected chi connectivity index (χ0v) is 48.3. The van der Waals surface area contributed by atoms with Gasteiger partial charge in [0.25, 0.3) is 0 Å². The van der Waals surface area contributed by atoms with Gasteiger partial charge in [-0.3, -0.25) is 24.7 Å². The summed E-state index contributed by atoms with van der Waals surface area (Å²) in [6.07, 6.45) is 4.33. The molecule has 0 radical (unpaired) electrons. The first kappa shape index (κ1) is 54.7. The molecule has 4 amide bonds. The largest absolute Gasteiger partial charge is 0.504 e. The van der Waals surface area contributed by atoms with Gasteiger partial charge in [0, 0.05) is 75.4 Å². The second-order valence-electron chi connectivity index (χ2n) is 23.0. The van der Waals surface area contributed by atoms with Crippen LogP contribution in [0.25, 0.3) is 0 Å². The van der Waals surface area contributed by atoms with Gasteiger partial charge in [0.15, 0.2) is 40.0 Å². The van der Waals surface area contributed by atoms with E-state index in [0.29, 0.717) is 83.2 Å². The van der Waals surface area contributed by atoms with Crippen molar-refractivity contribution in [2.24, 2.45) is 0 Å². The Hall–Kier alpha value is -5.50. The number of fused-ring (bicyclic) bond motifs is 11. The second kappa shape index (κ2) is 21.6. The van der Waals surface area contributed by atoms with E-state index in [1.165, 1.54) is 18.9 Å². The van der Waals surface area contributed by atoms with E-state index < -0.39 is 59.1 Å². The first-order chi connectivity index (χ1) is 39.2. The Balaban J connectivity index is 0.890. The number of nitrogens with one attached hydrogen (secondary N) is 5. The lowest BCUT2D eigenvalue weighted by Gasteiger charge is -2.62. The molecule has 81 heavy (non-hydrogen) atoms. The Kier molecular flexibility index (Phi) is 14.6. The molecule has 3 aromatic rings. The lowest BCUT2D eigenvalue weighted by atomic mass is 9.73. The number of esters is 3. The smallest absolute Gasteiger partial charge is 0.331 e. The van der Waals surface area contributed by atoms with Gasteiger partial charge in [-0.1, -0.05) is 18.9 Å². The number of piperazine rings is 1. The van der Waals surface area contributed by atoms with Gasteiger partial charge in [0.05, 0.1) is 61.8 Å². The van der Waals surface area contributed by atoms with E-state index in [4.69, 9.17) is 33.2 Å². The van der Waals surface area contributed by atoms with Crippen LogP contribution < -0.4 is 55.0 Å². The van der Waals surface area contributed by atoms with Crippen LogP contribution in [-0.2, 0) is 37.5 Å². The van der Waals surface area contributed by atoms with Crippen LogP contribution in [-0.4, -0.2) is 161 Å². The van der Waals surface area contributed by atoms with Crippen LogP contribution >= 0.6 is 35.3 Å². The van der Waals surface area contributed by atoms with Crippen LogP contribution in [0.2, 0.25) is 0 Å². The molecule has 11 heterocycles. The Morgan fingerprint density at radius 1 is 0.778 bits per heavy atom. The summed E-state index contributed by atoms with van der Waals surface area (Å²) in [6, 6.07) is 2.79. The summed E-state index contributed by atoms with van der Waals surface area (Å²) in [5, 5.41) is 39.6. The van der Waals surface area contributed by atoms with E-state index in [1.807, 2.05) is 49.3 Å². The molecule has 0 aromatic heterocycles. The average molecular weight is 1170 g/mol. The predicted octanol–water partition coefficient (Wildman–Crippen LogP) is 5.04. The maximum atomic E-state index is 15.2. The molecule has 7 N–H and O–H groups in total. The van der Waals surface area contributed by atoms with Crippen LogP contribution in [0.3, 0.4) is 0 Å². The van der Waals surface area contributed by atoms with Gasteiger partial charge in [0.1, 0.15) is 18.6 Å². The number of hydrogen-bond donors (Lipinski definition) is 7. The highest BCUT2D eigenvalue weighted by Gasteiger charge is 2.62. The summed E-state index contributed by atoms with van der Waals surface area (Å²) in [5.74, 6) is 2.37. The van der Waals surface area contributed by atoms with E-state index in [1.54, 1.807) is 19.2 Å². The molecule has 0 aliphatic carbocycles. The van der Waals surface area contributed by atoms with Crippen LogP contribution in [0.4, 0.5) is 9.59 Å². The van der Waals surface area contributed by atoms with Gasteiger partial charge >= 0.3 is 30.0 Å². The number of hydrogen-bond acceptors (Lipinski definition) is 20. The number of aliphatic hydroxyl groups excluding tert-OH is 1. The predicted molar refractivity (Wildman–Crippen MR) is 301 cm³/mol. The lowest BCUT2D eigenvalue weighted by molar-refractivity contribution is -0.186. The Labute approximate surface area is 482 Å². The Morgan fingerprint density at radius 2 is 1.44 bits per heavy atom. The SMILES string of the molecule is COc1cc2c(cc1O)CCN[C@]21CS[C@@H]2c3c(OC(=O)CCCCC4SCC5NC(=O)NC54)c(C)c4c(c3[C@H](COC1=O)N1C2[C@H]2c3c(cc(C)c(OC)c3OC(=O)CCCCC3SCC5NC(=O)NC53)C[C@@H]([C@@H]1O)N2C)OCO4. The molecule has 14 rings (SSSR count). The van der Waals surface area contributed by atoms with Gasteiger partial charge in [0.2, 0.25) is 6.79 Å². The van der Waals surface area contributed by atoms with E-state index in [-0.39, 0.29) is 90.2 Å². The number of phenols is 1. The Morgan fingerprint density at radius 3 is 2.11 bits per heavy atom. The van der Waals surface area contributed by atoms with Crippen LogP contribution in [0.1, 0.15) is 113 Å². The number of aryl methyl sites for hydroxylation is 1. The molecular formula is C57H69N7O14S3. The first-order valence-corrected chi connectivity index (χ1v) is 31.4. The van der Waals surface area contributed by atoms with Gasteiger partial charge in [-0.15, -0.1) is 11.8 Å². The number of unbranched alkanes of at least 4 members (excludes halogenated alkanes) is 2. The van der Waals surface area contributed by atoms with Crippen molar-refractivity contribution in [3.63, 3.8) is 0 Å². The zero-order valence-electron chi connectivity index (χ0n) is 45.9. The average Bonchev–Trinajstić information content (AvgIpc) is 2.25. The van der Waals surface area contributed by atoms with Crippen molar-refractivity contribution in [2.75, 3.05) is 58.5 Å². The molecule has 1 spiro atoms. The monoisotopic (exact) mass is 1170 g/mol. The maximum Gasteiger partial charge on any atom is 0.331 e. The van der Waals surface area contributed by atoms with Crippen molar-refractivity contribution in [3.8, 4) is 40.2 Å². The summed E-state index contributed by atoms with van der Waals surface area (Å²) >= 11 is 5.13. The summed E-state index contributed by atoms with van der Waals surface area (Å²) < 4.78 is 44.4. The highest BCUT2D eigenvalue weighted by atomic mass is 32.2. The van der Waals surface area contributed by atoms with Gasteiger partial charge in [-0.05, 0) is 93.8 Å². The molecule has 6 saturated heterocycles. The highest BCUT2D eigenvalue weighted by Crippen LogP contribution is 2.65. The molecule has 24 heteroatoms. The molecule has 0 saturated carbocycles. The third-order valence-electron chi connectivity index (χ3n) is 18.5. The van der Waals surface area contributed by atoms with Crippen molar-refractivity contribution >= 4 is 65.3 Å². The van der Waals surface area contributed by atoms with Crippen molar-refractivity contribution in [1.82, 2.24) is 36.4 Å². The molecule has 11 aliphatic heterocycles. The third kappa shape index (κ3) is 9.18. The number of rotatable bonds is 14. The minimum Gasteiger partial charge on any atom is -0.504 e. The molecule has 13 atom stereocenters. The fraction of sp³-hybridized carbons (Fsp3) is 0.596. The zero-order chi connectivity index (χ0) is 56.2. The quantitative estimate of drug-likeness (QED) is 0.0483. The van der Waals surface area contributed by atoms with Crippen LogP contribution in [0.5, 0.6) is 40.2 Å². The standard InChI is InChI=1S/C57H69N7O14S3/c1-25-16-28-17-32-53(68)64-33-20-74-54(69)57(29-19-35(72-4)34(65)18-27(29)14-15-58-57)23-81-52(42-41(33)50-49(75-24-76-50)26(2)48(42)77-38(66)12-8-6-10-36-43-30(21-79-36)59-55(70)61-43)46(64)45(63(32)3)40(28)51(47(25)73-5)78-39(67)13-9-7-11-37-44-31(22-80-37)60-56(71)62-44/h16,18-19,30-33,36-37,43-46,52-53,58,65,68H,6-15,17,20-24H2,1-5H3,(H2,59,61,70)(H2,60,62,71)/t30?,31?,32-,33-,36?,37?,43?,44?,45+,46?,52+,53-,57+/m0/s1. The first-order valence-electron chi connectivity index (χ1n) is 28.2. The van der Waals surface area contributed by atoms with E-state index >= 15 is 4.79 Å². The topological polar surface area (TPSA) is 257 Å². The van der Waals surface area contributed by atoms with E-state index in [0.717, 1.165) is 59.4 Å². The number of thioether (sulfide) groups is 3. The number of aliphatic hydroxyl groups is 1. The fourth-order valence-corrected chi connectivity index (χ4v) is 19.6. The number of amides is 4. The molecular weight excluding hydrogens is 1100 g/mol. The summed E-state index contributed by atoms with van der Waals surface area (Å²) in [4.78, 5) is 72.5. The highest BCUT2D eigenvalue weighted by molar-refractivity contribution is 8.00. The summed E-state index contributed by atoms with van der Waals surface area (Å²) in [5.41, 5.74) is 4.10. The molecule has 3 aromatic carbocycles. The number of urea groups is 2. The minimum atomic E-state index is -1.45. The van der Waals surface area contributed by atoms with Crippen LogP contribution in [0, 0.1) is 13.8 Å². The fourth-order valence-electron chi connectivity index (χ4n) is 14.8. The molecule has 11 aliphatic rings. The normalized spacial score (nSPS) is 32.0. The van der Waals surface area contributed by atoms with Crippen molar-refractivity contribution in [3.05, 3.63) is 62.7 Å². The van der Waals surface area contributed by atoms with Crippen molar-refractivity contribution < 1.29 is 67.3 Å². The number of ether oxygens (including phenoxy) is 7. The van der Waals surface area contributed by atoms with Crippen molar-refractivity contribution in [2.45, 2.75) is 154 Å². The van der Waals surface area contributed by atoms with E-state index in [9.17, 15) is 29.4 Å². The van der Waals surface area contributed by atoms with Crippen LogP contribution in [0.15, 0.2) is 18.2 Å². The minimum absolute atomic E-state index is 0.0485. The van der Waals surface area contributed by atoms with Gasteiger partial charge in [-0.2, -0.15) is 23.5 Å². The number of benzene rings is 3. The number of methoxy groups -OCH3 is 2. The number of nitrogens with zero attached hydrogens (tertiary/aromatic N) is 2. The molecule has 4 bridgehead atoms. The van der Waals surface area contributed by atoms with E-state index in [2.05, 4.69) is 37.6 Å². The summed E-state index contributed by atoms with van der Waals surface area (Å²) in [6.45, 7) is 3.80. The second-order valence-corrected chi connectivity index (χ2v) is 26.7. The lowest BCUT2D eigenvalue weighted by Crippen LogP contribution is -2.70. The number of carbonyl (C=O) groups is 5. The number of phenolic OH excluding ortho intramolecular Hbond substituents is 1. The Bertz CT molecular complexity index is 3100. The third-order valence-corrected chi connectivity index (χ3v) is 23.0. The van der Waals surface area contributed by atoms with Crippen molar-refractivity contribution in [1.29, 1.82) is 0 Å². The van der Waals surface area contributed by atoms with Gasteiger partial charge in [-0.25, -0.2) is 14.4 Å². The molecule has 434 valence electrons. The maximum absolute atomic E-state index is 15.2. The number of aromatic hydroxyl groups is 1. The van der Waals surface area contributed by atoms with Gasteiger partial charge < -0.3 is 64.6 Å². The molecule has 21 nitrogen and oxygen atoms in total. The molecule has 6 fully saturated rings.